The number of alkyl carbamates (subject to hydrolysis) is 1. The van der Waals surface area contributed by atoms with Crippen molar-refractivity contribution in [2.75, 3.05) is 0 Å². The van der Waals surface area contributed by atoms with E-state index in [1.165, 1.54) is 0 Å². The van der Waals surface area contributed by atoms with Gasteiger partial charge >= 0.3 is 12.1 Å². The van der Waals surface area contributed by atoms with Gasteiger partial charge in [0.1, 0.15) is 6.61 Å². The molecule has 2 saturated carbocycles. The van der Waals surface area contributed by atoms with Gasteiger partial charge in [0, 0.05) is 12.3 Å². The predicted octanol–water partition coefficient (Wildman–Crippen LogP) is 2.41. The second-order valence-electron chi connectivity index (χ2n) is 5.74. The Labute approximate surface area is 125 Å². The van der Waals surface area contributed by atoms with Gasteiger partial charge in [-0.05, 0) is 12.0 Å². The van der Waals surface area contributed by atoms with Gasteiger partial charge in [-0.25, -0.2) is 18.4 Å². The normalized spacial score (nSPS) is 31.2. The van der Waals surface area contributed by atoms with E-state index in [-0.39, 0.29) is 19.4 Å². The van der Waals surface area contributed by atoms with E-state index in [0.29, 0.717) is 0 Å². The van der Waals surface area contributed by atoms with Crippen LogP contribution < -0.4 is 5.32 Å². The Bertz CT molecular complexity index is 607. The molecule has 22 heavy (non-hydrogen) atoms. The second kappa shape index (κ2) is 4.93. The van der Waals surface area contributed by atoms with E-state index in [0.717, 1.165) is 5.56 Å². The lowest BCUT2D eigenvalue weighted by molar-refractivity contribution is -0.144. The number of nitrogens with one attached hydrogen (secondary N) is 1. The first-order valence-corrected chi connectivity index (χ1v) is 6.98. The van der Waals surface area contributed by atoms with Crippen LogP contribution in [0.25, 0.3) is 0 Å². The Morgan fingerprint density at radius 2 is 2.00 bits per heavy atom. The van der Waals surface area contributed by atoms with Crippen molar-refractivity contribution < 1.29 is 28.2 Å². The number of halogens is 2. The molecular weight excluding hydrogens is 296 g/mol. The van der Waals surface area contributed by atoms with Crippen molar-refractivity contribution in [1.29, 1.82) is 0 Å². The number of carboxylic acids is 1. The Kier molecular flexibility index (Phi) is 3.30. The van der Waals surface area contributed by atoms with E-state index in [4.69, 9.17) is 4.74 Å². The van der Waals surface area contributed by atoms with Gasteiger partial charge in [-0.2, -0.15) is 0 Å². The molecular formula is C15H15F2NO4. The molecule has 0 aromatic heterocycles. The summed E-state index contributed by atoms with van der Waals surface area (Å²) >= 11 is 0. The van der Waals surface area contributed by atoms with Crippen molar-refractivity contribution in [1.82, 2.24) is 5.32 Å². The molecule has 5 nitrogen and oxygen atoms in total. The van der Waals surface area contributed by atoms with Crippen LogP contribution in [0.1, 0.15) is 18.4 Å². The van der Waals surface area contributed by atoms with Crippen LogP contribution in [0.15, 0.2) is 30.3 Å². The molecule has 0 bridgehead atoms. The van der Waals surface area contributed by atoms with Crippen molar-refractivity contribution in [3.05, 3.63) is 35.9 Å². The Morgan fingerprint density at radius 1 is 1.32 bits per heavy atom. The lowest BCUT2D eigenvalue weighted by Gasteiger charge is -2.21. The highest BCUT2D eigenvalue weighted by Crippen LogP contribution is 2.66. The summed E-state index contributed by atoms with van der Waals surface area (Å²) in [4.78, 5) is 23.2. The van der Waals surface area contributed by atoms with Crippen LogP contribution in [0, 0.1) is 11.8 Å². The van der Waals surface area contributed by atoms with Crippen LogP contribution >= 0.6 is 0 Å². The maximum atomic E-state index is 13.7. The Hall–Kier alpha value is -2.18. The summed E-state index contributed by atoms with van der Waals surface area (Å²) in [6, 6.07) is 8.80. The molecule has 3 atom stereocenters. The molecule has 1 amide bonds. The average molecular weight is 311 g/mol. The number of alkyl halides is 2. The molecule has 7 heteroatoms. The van der Waals surface area contributed by atoms with E-state index < -0.39 is 35.4 Å². The molecule has 2 aliphatic carbocycles. The SMILES string of the molecule is O=C(NC1(C(=O)O)C2CCC(F)(F)C21)OCc1ccccc1. The molecule has 1 aromatic rings. The Morgan fingerprint density at radius 3 is 2.55 bits per heavy atom. The van der Waals surface area contributed by atoms with E-state index in [1.54, 1.807) is 30.3 Å². The molecule has 0 saturated heterocycles. The Balaban J connectivity index is 1.64. The number of rotatable bonds is 4. The number of amides is 1. The van der Waals surface area contributed by atoms with Gasteiger partial charge in [0.25, 0.3) is 5.92 Å². The highest BCUT2D eigenvalue weighted by molar-refractivity contribution is 5.89. The van der Waals surface area contributed by atoms with E-state index >= 15 is 0 Å². The van der Waals surface area contributed by atoms with Gasteiger partial charge in [-0.3, -0.25) is 0 Å². The van der Waals surface area contributed by atoms with Gasteiger partial charge in [-0.1, -0.05) is 30.3 Å². The number of carboxylic acid groups (broad SMARTS) is 1. The third-order valence-corrected chi connectivity index (χ3v) is 4.49. The molecule has 0 radical (unpaired) electrons. The van der Waals surface area contributed by atoms with Gasteiger partial charge in [-0.15, -0.1) is 0 Å². The number of benzene rings is 1. The number of hydrogen-bond acceptors (Lipinski definition) is 3. The summed E-state index contributed by atoms with van der Waals surface area (Å²) in [6.45, 7) is -0.0475. The third-order valence-electron chi connectivity index (χ3n) is 4.49. The number of hydrogen-bond donors (Lipinski definition) is 2. The minimum atomic E-state index is -3.06. The molecule has 2 N–H and O–H groups in total. The molecule has 1 aromatic carbocycles. The number of carbonyl (C=O) groups is 2. The zero-order valence-corrected chi connectivity index (χ0v) is 11.6. The minimum absolute atomic E-state index is 0.0475. The summed E-state index contributed by atoms with van der Waals surface area (Å²) in [6.07, 6.45) is -1.24. The maximum Gasteiger partial charge on any atom is 0.408 e. The molecule has 0 aliphatic heterocycles. The second-order valence-corrected chi connectivity index (χ2v) is 5.74. The van der Waals surface area contributed by atoms with Gasteiger partial charge < -0.3 is 15.2 Å². The van der Waals surface area contributed by atoms with Gasteiger partial charge in [0.2, 0.25) is 0 Å². The molecule has 3 unspecified atom stereocenters. The van der Waals surface area contributed by atoms with Crippen LogP contribution in [0.3, 0.4) is 0 Å². The predicted molar refractivity (Wildman–Crippen MR) is 71.3 cm³/mol. The zero-order chi connectivity index (χ0) is 16.0. The van der Waals surface area contributed by atoms with E-state index in [9.17, 15) is 23.5 Å². The molecule has 0 spiro atoms. The van der Waals surface area contributed by atoms with Crippen molar-refractivity contribution >= 4 is 12.1 Å². The third kappa shape index (κ3) is 2.20. The maximum absolute atomic E-state index is 13.7. The fourth-order valence-electron chi connectivity index (χ4n) is 3.43. The number of ether oxygens (including phenoxy) is 1. The fraction of sp³-hybridized carbons (Fsp3) is 0.467. The summed E-state index contributed by atoms with van der Waals surface area (Å²) in [7, 11) is 0. The van der Waals surface area contributed by atoms with Gasteiger partial charge in [0.15, 0.2) is 5.54 Å². The lowest BCUT2D eigenvalue weighted by atomic mass is 10.0. The summed E-state index contributed by atoms with van der Waals surface area (Å²) in [5.41, 5.74) is -1.17. The molecule has 0 heterocycles. The topological polar surface area (TPSA) is 75.6 Å². The first-order valence-electron chi connectivity index (χ1n) is 6.98. The van der Waals surface area contributed by atoms with Crippen molar-refractivity contribution in [2.45, 2.75) is 30.9 Å². The zero-order valence-electron chi connectivity index (χ0n) is 11.6. The monoisotopic (exact) mass is 311 g/mol. The van der Waals surface area contributed by atoms with Crippen molar-refractivity contribution in [2.24, 2.45) is 11.8 Å². The molecule has 118 valence electrons. The van der Waals surface area contributed by atoms with E-state index in [2.05, 4.69) is 5.32 Å². The highest BCUT2D eigenvalue weighted by atomic mass is 19.3. The standard InChI is InChI=1S/C15H15F2NO4/c16-14(17)7-6-10-11(14)15(10,12(19)20)18-13(21)22-8-9-4-2-1-3-5-9/h1-5,10-11H,6-8H2,(H,18,21)(H,19,20). The first kappa shape index (κ1) is 14.7. The minimum Gasteiger partial charge on any atom is -0.479 e. The number of aliphatic carboxylic acids is 1. The fourth-order valence-corrected chi connectivity index (χ4v) is 3.43. The molecule has 2 fully saturated rings. The van der Waals surface area contributed by atoms with E-state index in [1.807, 2.05) is 0 Å². The molecule has 3 rings (SSSR count). The van der Waals surface area contributed by atoms with Crippen molar-refractivity contribution in [3.63, 3.8) is 0 Å². The van der Waals surface area contributed by atoms with Crippen LogP contribution in [-0.2, 0) is 16.1 Å². The van der Waals surface area contributed by atoms with Gasteiger partial charge in [0.05, 0.1) is 5.92 Å². The van der Waals surface area contributed by atoms with Crippen LogP contribution in [-0.4, -0.2) is 28.6 Å². The smallest absolute Gasteiger partial charge is 0.408 e. The summed E-state index contributed by atoms with van der Waals surface area (Å²) < 4.78 is 32.3. The highest BCUT2D eigenvalue weighted by Gasteiger charge is 2.82. The van der Waals surface area contributed by atoms with Crippen LogP contribution in [0.2, 0.25) is 0 Å². The van der Waals surface area contributed by atoms with Crippen LogP contribution in [0.5, 0.6) is 0 Å². The first-order chi connectivity index (χ1) is 10.4. The molecule has 2 aliphatic rings. The summed E-state index contributed by atoms with van der Waals surface area (Å²) in [5.74, 6) is -6.57. The number of carbonyl (C=O) groups excluding carboxylic acids is 1. The number of fused-ring (bicyclic) bond motifs is 1. The average Bonchev–Trinajstić information content (AvgIpc) is 3.02. The van der Waals surface area contributed by atoms with Crippen molar-refractivity contribution in [3.8, 4) is 0 Å². The summed E-state index contributed by atoms with van der Waals surface area (Å²) in [5, 5.41) is 11.4. The largest absolute Gasteiger partial charge is 0.479 e. The van der Waals surface area contributed by atoms with Crippen LogP contribution in [0.4, 0.5) is 13.6 Å². The quantitative estimate of drug-likeness (QED) is 0.895. The lowest BCUT2D eigenvalue weighted by Crippen LogP contribution is -2.49.